The van der Waals surface area contributed by atoms with Gasteiger partial charge in [-0.15, -0.1) is 11.3 Å². The molecule has 28 heavy (non-hydrogen) atoms. The lowest BCUT2D eigenvalue weighted by molar-refractivity contribution is -0.127. The average Bonchev–Trinajstić information content (AvgIpc) is 3.36. The van der Waals surface area contributed by atoms with Gasteiger partial charge in [0, 0.05) is 11.9 Å². The number of aromatic amines is 1. The van der Waals surface area contributed by atoms with Crippen molar-refractivity contribution in [1.29, 1.82) is 0 Å². The van der Waals surface area contributed by atoms with Crippen molar-refractivity contribution in [1.82, 2.24) is 24.6 Å². The minimum Gasteiger partial charge on any atom is -0.340 e. The highest BCUT2D eigenvalue weighted by molar-refractivity contribution is 7.99. The number of thioether (sulfide) groups is 1. The largest absolute Gasteiger partial charge is 0.340 e. The Morgan fingerprint density at radius 2 is 2.07 bits per heavy atom. The molecule has 0 radical (unpaired) electrons. The average molecular weight is 412 g/mol. The van der Waals surface area contributed by atoms with E-state index in [1.807, 2.05) is 47.8 Å². The van der Waals surface area contributed by atoms with Crippen molar-refractivity contribution in [2.24, 2.45) is 0 Å². The van der Waals surface area contributed by atoms with Gasteiger partial charge in [-0.3, -0.25) is 9.59 Å². The molecule has 1 N–H and O–H groups in total. The van der Waals surface area contributed by atoms with E-state index in [2.05, 4.69) is 15.1 Å². The van der Waals surface area contributed by atoms with E-state index in [1.165, 1.54) is 18.0 Å². The molecular formula is C19H17N5O2S2. The van der Waals surface area contributed by atoms with E-state index in [0.717, 1.165) is 10.6 Å². The van der Waals surface area contributed by atoms with Crippen LogP contribution in [0.1, 0.15) is 4.88 Å². The third kappa shape index (κ3) is 3.85. The number of para-hydroxylation sites is 1. The molecule has 142 valence electrons. The van der Waals surface area contributed by atoms with Gasteiger partial charge in [-0.25, -0.2) is 9.67 Å². The van der Waals surface area contributed by atoms with Gasteiger partial charge >= 0.3 is 0 Å². The monoisotopic (exact) mass is 411 g/mol. The number of benzene rings is 1. The molecule has 1 amide bonds. The third-order valence-electron chi connectivity index (χ3n) is 4.15. The molecule has 7 nitrogen and oxygen atoms in total. The van der Waals surface area contributed by atoms with Crippen molar-refractivity contribution in [3.63, 3.8) is 0 Å². The van der Waals surface area contributed by atoms with Gasteiger partial charge in [-0.1, -0.05) is 36.0 Å². The number of carbonyl (C=O) groups is 1. The van der Waals surface area contributed by atoms with Crippen LogP contribution in [0.4, 0.5) is 0 Å². The summed E-state index contributed by atoms with van der Waals surface area (Å²) in [7, 11) is 1.77. The normalized spacial score (nSPS) is 11.0. The number of hydrogen-bond donors (Lipinski definition) is 1. The van der Waals surface area contributed by atoms with E-state index in [1.54, 1.807) is 28.0 Å². The van der Waals surface area contributed by atoms with Crippen LogP contribution in [-0.4, -0.2) is 43.4 Å². The van der Waals surface area contributed by atoms with Crippen molar-refractivity contribution < 1.29 is 4.79 Å². The van der Waals surface area contributed by atoms with Crippen LogP contribution in [0.5, 0.6) is 0 Å². The van der Waals surface area contributed by atoms with Crippen molar-refractivity contribution in [2.45, 2.75) is 11.7 Å². The molecule has 0 saturated carbocycles. The zero-order valence-corrected chi connectivity index (χ0v) is 16.7. The van der Waals surface area contributed by atoms with E-state index >= 15 is 0 Å². The van der Waals surface area contributed by atoms with Crippen LogP contribution in [-0.2, 0) is 11.3 Å². The number of thiophene rings is 1. The maximum absolute atomic E-state index is 12.4. The topological polar surface area (TPSA) is 83.9 Å². The zero-order valence-electron chi connectivity index (χ0n) is 15.0. The fourth-order valence-electron chi connectivity index (χ4n) is 2.69. The standard InChI is InChI=1S/C19H17N5O2S2/c1-23(11-14-8-5-9-27-14)16(25)12-28-19-21-17-15(18(26)22-19)10-20-24(17)13-6-3-2-4-7-13/h2-10H,11-12H2,1H3,(H,21,22,26). The first-order valence-electron chi connectivity index (χ1n) is 8.54. The Morgan fingerprint density at radius 3 is 2.82 bits per heavy atom. The van der Waals surface area contributed by atoms with Gasteiger partial charge in [-0.2, -0.15) is 5.10 Å². The fourth-order valence-corrected chi connectivity index (χ4v) is 4.24. The fraction of sp³-hybridized carbons (Fsp3) is 0.158. The Hall–Kier alpha value is -2.91. The molecule has 1 aromatic carbocycles. The number of nitrogens with zero attached hydrogens (tertiary/aromatic N) is 4. The number of nitrogens with one attached hydrogen (secondary N) is 1. The summed E-state index contributed by atoms with van der Waals surface area (Å²) in [5, 5.41) is 7.08. The van der Waals surface area contributed by atoms with Crippen molar-refractivity contribution in [3.05, 3.63) is 69.3 Å². The van der Waals surface area contributed by atoms with Crippen LogP contribution in [0.25, 0.3) is 16.7 Å². The minimum atomic E-state index is -0.269. The first-order valence-corrected chi connectivity index (χ1v) is 10.4. The van der Waals surface area contributed by atoms with Crippen molar-refractivity contribution in [2.75, 3.05) is 12.8 Å². The summed E-state index contributed by atoms with van der Waals surface area (Å²) < 4.78 is 1.62. The lowest BCUT2D eigenvalue weighted by Gasteiger charge is -2.15. The summed E-state index contributed by atoms with van der Waals surface area (Å²) in [6.07, 6.45) is 1.50. The van der Waals surface area contributed by atoms with Gasteiger partial charge in [0.2, 0.25) is 5.91 Å². The number of hydrogen-bond acceptors (Lipinski definition) is 6. The Balaban J connectivity index is 1.53. The van der Waals surface area contributed by atoms with Crippen LogP contribution in [0, 0.1) is 0 Å². The zero-order chi connectivity index (χ0) is 19.5. The molecule has 9 heteroatoms. The van der Waals surface area contributed by atoms with Crippen LogP contribution in [0.3, 0.4) is 0 Å². The molecule has 3 aromatic heterocycles. The SMILES string of the molecule is CN(Cc1cccs1)C(=O)CSc1nc2c(cnn2-c2ccccc2)c(=O)[nH]1. The van der Waals surface area contributed by atoms with Gasteiger partial charge in [0.25, 0.3) is 5.56 Å². The van der Waals surface area contributed by atoms with Crippen LogP contribution >= 0.6 is 23.1 Å². The Labute approximate surface area is 169 Å². The van der Waals surface area contributed by atoms with E-state index in [9.17, 15) is 9.59 Å². The van der Waals surface area contributed by atoms with E-state index < -0.39 is 0 Å². The van der Waals surface area contributed by atoms with E-state index in [-0.39, 0.29) is 17.2 Å². The molecule has 0 atom stereocenters. The smallest absolute Gasteiger partial charge is 0.262 e. The molecule has 0 fully saturated rings. The number of H-pyrrole nitrogens is 1. The number of fused-ring (bicyclic) bond motifs is 1. The van der Waals surface area contributed by atoms with Gasteiger partial charge < -0.3 is 9.88 Å². The Kier molecular flexibility index (Phi) is 5.27. The van der Waals surface area contributed by atoms with Crippen molar-refractivity contribution >= 4 is 40.0 Å². The first kappa shape index (κ1) is 18.5. The second-order valence-electron chi connectivity index (χ2n) is 6.12. The number of aromatic nitrogens is 4. The van der Waals surface area contributed by atoms with Gasteiger partial charge in [0.15, 0.2) is 10.8 Å². The summed E-state index contributed by atoms with van der Waals surface area (Å²) in [6, 6.07) is 13.5. The number of rotatable bonds is 6. The van der Waals surface area contributed by atoms with Gasteiger partial charge in [0.1, 0.15) is 5.39 Å². The van der Waals surface area contributed by atoms with Gasteiger partial charge in [0.05, 0.1) is 24.2 Å². The third-order valence-corrected chi connectivity index (χ3v) is 5.87. The first-order chi connectivity index (χ1) is 13.6. The molecule has 4 aromatic rings. The molecule has 3 heterocycles. The molecule has 0 spiro atoms. The molecule has 4 rings (SSSR count). The lowest BCUT2D eigenvalue weighted by Crippen LogP contribution is -2.27. The quantitative estimate of drug-likeness (QED) is 0.390. The Bertz CT molecular complexity index is 1150. The summed E-state index contributed by atoms with van der Waals surface area (Å²) >= 11 is 2.83. The van der Waals surface area contributed by atoms with Crippen molar-refractivity contribution in [3.8, 4) is 5.69 Å². The highest BCUT2D eigenvalue weighted by Crippen LogP contribution is 2.18. The van der Waals surface area contributed by atoms with Crippen LogP contribution in [0.2, 0.25) is 0 Å². The second-order valence-corrected chi connectivity index (χ2v) is 8.11. The highest BCUT2D eigenvalue weighted by Gasteiger charge is 2.14. The molecule has 0 aliphatic heterocycles. The number of amides is 1. The highest BCUT2D eigenvalue weighted by atomic mass is 32.2. The van der Waals surface area contributed by atoms with E-state index in [0.29, 0.717) is 22.7 Å². The molecule has 0 saturated heterocycles. The van der Waals surface area contributed by atoms with Gasteiger partial charge in [-0.05, 0) is 23.6 Å². The van der Waals surface area contributed by atoms with E-state index in [4.69, 9.17) is 0 Å². The predicted molar refractivity (Wildman–Crippen MR) is 111 cm³/mol. The second kappa shape index (κ2) is 7.99. The molecule has 0 bridgehead atoms. The molecule has 0 unspecified atom stereocenters. The summed E-state index contributed by atoms with van der Waals surface area (Å²) in [6.45, 7) is 0.570. The maximum atomic E-state index is 12.4. The molecular weight excluding hydrogens is 394 g/mol. The maximum Gasteiger partial charge on any atom is 0.262 e. The summed E-state index contributed by atoms with van der Waals surface area (Å²) in [4.78, 5) is 34.8. The molecule has 0 aliphatic rings. The molecule has 0 aliphatic carbocycles. The summed E-state index contributed by atoms with van der Waals surface area (Å²) in [5.74, 6) is 0.160. The van der Waals surface area contributed by atoms with Crippen LogP contribution < -0.4 is 5.56 Å². The number of carbonyl (C=O) groups excluding carboxylic acids is 1. The predicted octanol–water partition coefficient (Wildman–Crippen LogP) is 2.92. The summed E-state index contributed by atoms with van der Waals surface area (Å²) in [5.41, 5.74) is 1.02. The Morgan fingerprint density at radius 1 is 1.25 bits per heavy atom. The van der Waals surface area contributed by atoms with Crippen LogP contribution in [0.15, 0.2) is 64.0 Å². The minimum absolute atomic E-state index is 0.0299. The lowest BCUT2D eigenvalue weighted by atomic mass is 10.3.